The third-order valence-corrected chi connectivity index (χ3v) is 9.10. The largest absolute Gasteiger partial charge is 0.380 e. The first-order valence-corrected chi connectivity index (χ1v) is 19.3. The van der Waals surface area contributed by atoms with E-state index in [2.05, 4.69) is 74.5 Å². The second kappa shape index (κ2) is 26.0. The van der Waals surface area contributed by atoms with Gasteiger partial charge in [-0.15, -0.1) is 0 Å². The predicted octanol–water partition coefficient (Wildman–Crippen LogP) is 2.14. The molecule has 0 saturated heterocycles. The van der Waals surface area contributed by atoms with Gasteiger partial charge in [-0.1, -0.05) is 26.7 Å². The Morgan fingerprint density at radius 1 is 0.360 bits per heavy atom. The van der Waals surface area contributed by atoms with Gasteiger partial charge in [-0.2, -0.15) is 0 Å². The number of hydrogen-bond acceptors (Lipinski definition) is 13. The van der Waals surface area contributed by atoms with Gasteiger partial charge in [-0.05, 0) is 138 Å². The first-order valence-electron chi connectivity index (χ1n) is 19.3. The smallest absolute Gasteiger partial charge is 0.253 e. The Morgan fingerprint density at radius 3 is 0.820 bits per heavy atom. The van der Waals surface area contributed by atoms with Gasteiger partial charge in [0.2, 0.25) is 0 Å². The third-order valence-electron chi connectivity index (χ3n) is 9.10. The molecule has 13 heteroatoms. The number of unbranched alkanes of at least 4 members (excludes halogenated alkanes) is 2. The molecule has 2 rings (SSSR count). The van der Waals surface area contributed by atoms with Gasteiger partial charge in [-0.25, -0.2) is 0 Å². The van der Waals surface area contributed by atoms with Gasteiger partial charge in [0.15, 0.2) is 0 Å². The lowest BCUT2D eigenvalue weighted by Crippen LogP contribution is -2.38. The maximum Gasteiger partial charge on any atom is 0.253 e. The van der Waals surface area contributed by atoms with Crippen molar-refractivity contribution in [3.63, 3.8) is 0 Å². The molecular weight excluding hydrogens is 634 g/mol. The molecule has 0 bridgehead atoms. The molecule has 2 aromatic rings. The van der Waals surface area contributed by atoms with Crippen LogP contribution >= 0.6 is 0 Å². The summed E-state index contributed by atoms with van der Waals surface area (Å²) in [5, 5.41) is 19.6. The summed E-state index contributed by atoms with van der Waals surface area (Å²) in [5.41, 5.74) is -0.120. The number of anilines is 4. The fourth-order valence-corrected chi connectivity index (χ4v) is 5.84. The van der Waals surface area contributed by atoms with E-state index in [1.54, 1.807) is 0 Å². The Labute approximate surface area is 300 Å². The number of nitrogens with zero attached hydrogens (tertiary/aromatic N) is 3. The molecule has 6 N–H and O–H groups in total. The van der Waals surface area contributed by atoms with Crippen molar-refractivity contribution in [1.82, 2.24) is 25.3 Å². The van der Waals surface area contributed by atoms with Gasteiger partial charge in [0, 0.05) is 26.2 Å². The maximum absolute atomic E-state index is 12.1. The molecule has 0 radical (unpaired) electrons. The molecule has 0 amide bonds. The molecule has 0 spiro atoms. The Bertz CT molecular complexity index is 1220. The average molecular weight is 704 g/mol. The molecule has 286 valence electrons. The van der Waals surface area contributed by atoms with E-state index in [1.165, 1.54) is 25.7 Å². The minimum Gasteiger partial charge on any atom is -0.380 e. The lowest BCUT2D eigenvalue weighted by molar-refractivity contribution is 0.325. The molecule has 0 saturated carbocycles. The van der Waals surface area contributed by atoms with Crippen LogP contribution in [0.15, 0.2) is 19.2 Å². The molecule has 0 aliphatic heterocycles. The topological polar surface area (TPSA) is 150 Å². The molecule has 0 atom stereocenters. The number of hydrogen-bond donors (Lipinski definition) is 6. The third kappa shape index (κ3) is 16.5. The fraction of sp³-hybridized carbons (Fsp3) is 0.784. The van der Waals surface area contributed by atoms with E-state index in [9.17, 15) is 19.2 Å². The predicted molar refractivity (Wildman–Crippen MR) is 212 cm³/mol. The summed E-state index contributed by atoms with van der Waals surface area (Å²) >= 11 is 0. The monoisotopic (exact) mass is 704 g/mol. The molecule has 13 nitrogen and oxygen atoms in total. The molecule has 0 heterocycles. The molecule has 50 heavy (non-hydrogen) atoms. The van der Waals surface area contributed by atoms with E-state index in [0.717, 1.165) is 104 Å². The molecular formula is C37H69N9O4. The first-order chi connectivity index (χ1) is 24.2. The normalized spacial score (nSPS) is 11.8. The van der Waals surface area contributed by atoms with Crippen molar-refractivity contribution in [3.05, 3.63) is 40.9 Å². The summed E-state index contributed by atoms with van der Waals surface area (Å²) < 4.78 is 0. The fourth-order valence-electron chi connectivity index (χ4n) is 5.84. The lowest BCUT2D eigenvalue weighted by atomic mass is 10.1. The molecule has 2 aromatic carbocycles. The summed E-state index contributed by atoms with van der Waals surface area (Å²) in [6.45, 7) is 16.7. The maximum atomic E-state index is 12.1. The zero-order valence-corrected chi connectivity index (χ0v) is 31.9. The van der Waals surface area contributed by atoms with Crippen LogP contribution in [0.2, 0.25) is 0 Å². The lowest BCUT2D eigenvalue weighted by Gasteiger charge is -2.20. The van der Waals surface area contributed by atoms with Crippen LogP contribution in [0.25, 0.3) is 0 Å². The molecule has 0 aliphatic carbocycles. The minimum atomic E-state index is -0.444. The first kappa shape index (κ1) is 43.3. The number of nitrogens with one attached hydrogen (secondary N) is 6. The molecule has 0 unspecified atom stereocenters. The molecule has 0 fully saturated rings. The van der Waals surface area contributed by atoms with Crippen LogP contribution in [-0.4, -0.2) is 127 Å². The highest BCUT2D eigenvalue weighted by atomic mass is 16.2. The van der Waals surface area contributed by atoms with Crippen molar-refractivity contribution in [3.8, 4) is 0 Å². The highest BCUT2D eigenvalue weighted by Gasteiger charge is 2.21. The van der Waals surface area contributed by atoms with Crippen molar-refractivity contribution in [1.29, 1.82) is 0 Å². The van der Waals surface area contributed by atoms with Crippen LogP contribution in [0.4, 0.5) is 22.7 Å². The number of rotatable bonds is 34. The van der Waals surface area contributed by atoms with Gasteiger partial charge in [0.1, 0.15) is 22.7 Å². The summed E-state index contributed by atoms with van der Waals surface area (Å²) in [6.07, 6.45) is 10.5. The van der Waals surface area contributed by atoms with E-state index in [4.69, 9.17) is 0 Å². The van der Waals surface area contributed by atoms with Crippen LogP contribution in [0, 0.1) is 0 Å². The Balaban J connectivity index is 1.54. The zero-order valence-electron chi connectivity index (χ0n) is 31.9. The summed E-state index contributed by atoms with van der Waals surface area (Å²) in [4.78, 5) is 55.4. The Morgan fingerprint density at radius 2 is 0.580 bits per heavy atom. The second-order valence-corrected chi connectivity index (χ2v) is 13.8. The van der Waals surface area contributed by atoms with Crippen molar-refractivity contribution in [2.24, 2.45) is 0 Å². The van der Waals surface area contributed by atoms with Gasteiger partial charge in [0.25, 0.3) is 21.7 Å². The SMILES string of the molecule is CCCCNCCCN(C)CCCNc1c(NCCCN(C)CCCNc2c(NCCCN(C)CCCNCCCC)c(=O)c2=O)c(=O)c1=O. The summed E-state index contributed by atoms with van der Waals surface area (Å²) in [5.74, 6) is 0. The van der Waals surface area contributed by atoms with Crippen LogP contribution in [0.3, 0.4) is 0 Å². The summed E-state index contributed by atoms with van der Waals surface area (Å²) in [7, 11) is 6.27. The van der Waals surface area contributed by atoms with Crippen LogP contribution < -0.4 is 53.6 Å². The van der Waals surface area contributed by atoms with E-state index < -0.39 is 21.7 Å². The standard InChI is InChI=1S/C37H69N9O4/c1-6-8-16-38-18-10-24-44(3)26-12-20-40-30-32(36(49)34(30)47)42-22-14-28-46(5)29-15-23-43-33-31(35(48)37(33)50)41-21-13-27-45(4)25-11-19-39-17-9-7-2/h38-43H,6-29H2,1-5H3. The highest BCUT2D eigenvalue weighted by molar-refractivity contribution is 5.74. The van der Waals surface area contributed by atoms with Gasteiger partial charge >= 0.3 is 0 Å². The van der Waals surface area contributed by atoms with Crippen LogP contribution in [0.1, 0.15) is 78.1 Å². The van der Waals surface area contributed by atoms with Gasteiger partial charge in [-0.3, -0.25) is 19.2 Å². The van der Waals surface area contributed by atoms with E-state index in [1.807, 2.05) is 7.05 Å². The molecule has 0 aromatic heterocycles. The van der Waals surface area contributed by atoms with Crippen molar-refractivity contribution in [2.45, 2.75) is 78.1 Å². The average Bonchev–Trinajstić information content (AvgIpc) is 3.11. The second-order valence-electron chi connectivity index (χ2n) is 13.8. The summed E-state index contributed by atoms with van der Waals surface area (Å²) in [6, 6.07) is 0. The van der Waals surface area contributed by atoms with Crippen LogP contribution in [-0.2, 0) is 0 Å². The zero-order chi connectivity index (χ0) is 36.6. The van der Waals surface area contributed by atoms with E-state index >= 15 is 0 Å². The van der Waals surface area contributed by atoms with Crippen molar-refractivity contribution in [2.75, 3.05) is 134 Å². The molecule has 0 aliphatic rings. The van der Waals surface area contributed by atoms with Gasteiger partial charge < -0.3 is 46.6 Å². The quantitative estimate of drug-likeness (QED) is 0.0468. The Hall–Kier alpha value is -2.84. The van der Waals surface area contributed by atoms with Crippen molar-refractivity contribution < 1.29 is 0 Å². The van der Waals surface area contributed by atoms with E-state index in [-0.39, 0.29) is 0 Å². The minimum absolute atomic E-state index is 0.406. The van der Waals surface area contributed by atoms with Crippen LogP contribution in [0.5, 0.6) is 0 Å². The van der Waals surface area contributed by atoms with Gasteiger partial charge in [0.05, 0.1) is 0 Å². The van der Waals surface area contributed by atoms with Crippen molar-refractivity contribution >= 4 is 22.7 Å². The highest BCUT2D eigenvalue weighted by Crippen LogP contribution is 2.15. The Kier molecular flexibility index (Phi) is 22.5. The van der Waals surface area contributed by atoms with E-state index in [0.29, 0.717) is 48.9 Å².